The Morgan fingerprint density at radius 1 is 1.16 bits per heavy atom. The van der Waals surface area contributed by atoms with Gasteiger partial charge in [-0.1, -0.05) is 25.2 Å². The SMILES string of the molecule is COc1ccc(NC(=O)c2nnc(CN3CCC(C(=O)NC(C)C(C)C)CC3)s2)cc1. The summed E-state index contributed by atoms with van der Waals surface area (Å²) < 4.78 is 5.12. The number of nitrogens with one attached hydrogen (secondary N) is 2. The Morgan fingerprint density at radius 3 is 2.45 bits per heavy atom. The van der Waals surface area contributed by atoms with Crippen molar-refractivity contribution in [3.63, 3.8) is 0 Å². The lowest BCUT2D eigenvalue weighted by molar-refractivity contribution is -0.127. The van der Waals surface area contributed by atoms with Gasteiger partial charge in [0.25, 0.3) is 5.91 Å². The van der Waals surface area contributed by atoms with E-state index < -0.39 is 0 Å². The Balaban J connectivity index is 1.46. The predicted molar refractivity (Wildman–Crippen MR) is 121 cm³/mol. The molecule has 1 fully saturated rings. The van der Waals surface area contributed by atoms with Gasteiger partial charge in [-0.2, -0.15) is 0 Å². The lowest BCUT2D eigenvalue weighted by Crippen LogP contribution is -2.44. The maximum atomic E-state index is 12.4. The van der Waals surface area contributed by atoms with Gasteiger partial charge >= 0.3 is 0 Å². The number of methoxy groups -OCH3 is 1. The molecule has 1 aromatic carbocycles. The fourth-order valence-corrected chi connectivity index (χ4v) is 4.10. The molecule has 31 heavy (non-hydrogen) atoms. The topological polar surface area (TPSA) is 96.4 Å². The van der Waals surface area contributed by atoms with E-state index in [9.17, 15) is 9.59 Å². The van der Waals surface area contributed by atoms with Crippen molar-refractivity contribution in [2.75, 3.05) is 25.5 Å². The summed E-state index contributed by atoms with van der Waals surface area (Å²) in [5.41, 5.74) is 0.676. The molecule has 2 amide bonds. The van der Waals surface area contributed by atoms with E-state index in [1.807, 2.05) is 0 Å². The van der Waals surface area contributed by atoms with E-state index in [-0.39, 0.29) is 23.8 Å². The molecule has 0 bridgehead atoms. The summed E-state index contributed by atoms with van der Waals surface area (Å²) >= 11 is 1.30. The highest BCUT2D eigenvalue weighted by atomic mass is 32.1. The maximum Gasteiger partial charge on any atom is 0.286 e. The molecular formula is C22H31N5O3S. The Labute approximate surface area is 187 Å². The number of aromatic nitrogens is 2. The van der Waals surface area contributed by atoms with E-state index >= 15 is 0 Å². The van der Waals surface area contributed by atoms with Gasteiger partial charge < -0.3 is 15.4 Å². The number of carbonyl (C=O) groups excluding carboxylic acids is 2. The molecule has 1 saturated heterocycles. The molecule has 0 saturated carbocycles. The first-order valence-corrected chi connectivity index (χ1v) is 11.5. The molecular weight excluding hydrogens is 414 g/mol. The first-order valence-electron chi connectivity index (χ1n) is 10.7. The Hall–Kier alpha value is -2.52. The summed E-state index contributed by atoms with van der Waals surface area (Å²) in [6.45, 7) is 8.59. The number of amides is 2. The third-order valence-electron chi connectivity index (χ3n) is 5.70. The van der Waals surface area contributed by atoms with Gasteiger partial charge in [-0.25, -0.2) is 0 Å². The molecule has 1 atom stereocenters. The van der Waals surface area contributed by atoms with Crippen molar-refractivity contribution in [2.24, 2.45) is 11.8 Å². The zero-order valence-electron chi connectivity index (χ0n) is 18.6. The number of benzene rings is 1. The standard InChI is InChI=1S/C22H31N5O3S/c1-14(2)15(3)23-20(28)16-9-11-27(12-10-16)13-19-25-26-22(31-19)21(29)24-17-5-7-18(30-4)8-6-17/h5-8,14-16H,9-13H2,1-4H3,(H,23,28)(H,24,29). The van der Waals surface area contributed by atoms with E-state index in [0.29, 0.717) is 23.2 Å². The molecule has 9 heteroatoms. The molecule has 3 rings (SSSR count). The van der Waals surface area contributed by atoms with Crippen LogP contribution in [0.4, 0.5) is 5.69 Å². The number of rotatable bonds is 8. The van der Waals surface area contributed by atoms with Gasteiger partial charge in [0, 0.05) is 17.6 Å². The lowest BCUT2D eigenvalue weighted by atomic mass is 9.95. The van der Waals surface area contributed by atoms with Gasteiger partial charge in [-0.3, -0.25) is 14.5 Å². The maximum absolute atomic E-state index is 12.4. The summed E-state index contributed by atoms with van der Waals surface area (Å²) in [6.07, 6.45) is 1.67. The number of anilines is 1. The predicted octanol–water partition coefficient (Wildman–Crippen LogP) is 3.17. The molecule has 2 aromatic rings. The molecule has 1 aromatic heterocycles. The van der Waals surface area contributed by atoms with E-state index in [1.165, 1.54) is 11.3 Å². The van der Waals surface area contributed by atoms with Crippen LogP contribution in [0.1, 0.15) is 48.4 Å². The van der Waals surface area contributed by atoms with Gasteiger partial charge in [0.15, 0.2) is 0 Å². The fourth-order valence-electron chi connectivity index (χ4n) is 3.32. The number of piperidine rings is 1. The van der Waals surface area contributed by atoms with Gasteiger partial charge in [-0.15, -0.1) is 10.2 Å². The zero-order valence-corrected chi connectivity index (χ0v) is 19.4. The van der Waals surface area contributed by atoms with Crippen LogP contribution in [0.25, 0.3) is 0 Å². The molecule has 2 N–H and O–H groups in total. The van der Waals surface area contributed by atoms with E-state index in [1.54, 1.807) is 31.4 Å². The zero-order chi connectivity index (χ0) is 22.4. The average Bonchev–Trinajstić information content (AvgIpc) is 3.23. The van der Waals surface area contributed by atoms with Crippen LogP contribution in [0.15, 0.2) is 24.3 Å². The molecule has 1 aliphatic heterocycles. The summed E-state index contributed by atoms with van der Waals surface area (Å²) in [4.78, 5) is 27.1. The number of ether oxygens (including phenoxy) is 1. The number of hydrogen-bond acceptors (Lipinski definition) is 7. The normalized spacial score (nSPS) is 16.2. The van der Waals surface area contributed by atoms with Crippen molar-refractivity contribution in [3.05, 3.63) is 34.3 Å². The van der Waals surface area contributed by atoms with Crippen LogP contribution in [0.2, 0.25) is 0 Å². The average molecular weight is 446 g/mol. The second kappa shape index (κ2) is 10.7. The number of likely N-dealkylation sites (tertiary alicyclic amines) is 1. The summed E-state index contributed by atoms with van der Waals surface area (Å²) in [5, 5.41) is 15.3. The van der Waals surface area contributed by atoms with Crippen LogP contribution in [0, 0.1) is 11.8 Å². The Kier molecular flexibility index (Phi) is 7.97. The summed E-state index contributed by atoms with van der Waals surface area (Å²) in [5.74, 6) is 1.11. The van der Waals surface area contributed by atoms with E-state index in [4.69, 9.17) is 4.74 Å². The Morgan fingerprint density at radius 2 is 1.84 bits per heavy atom. The number of nitrogens with zero attached hydrogens (tertiary/aromatic N) is 3. The first-order chi connectivity index (χ1) is 14.9. The molecule has 1 unspecified atom stereocenters. The van der Waals surface area contributed by atoms with Crippen molar-refractivity contribution < 1.29 is 14.3 Å². The van der Waals surface area contributed by atoms with Crippen LogP contribution in [-0.4, -0.2) is 53.2 Å². The third-order valence-corrected chi connectivity index (χ3v) is 6.60. The monoisotopic (exact) mass is 445 g/mol. The van der Waals surface area contributed by atoms with E-state index in [2.05, 4.69) is 46.5 Å². The largest absolute Gasteiger partial charge is 0.497 e. The molecule has 0 aliphatic carbocycles. The van der Waals surface area contributed by atoms with Crippen LogP contribution >= 0.6 is 11.3 Å². The minimum Gasteiger partial charge on any atom is -0.497 e. The van der Waals surface area contributed by atoms with Gasteiger partial charge in [0.2, 0.25) is 10.9 Å². The Bertz CT molecular complexity index is 876. The lowest BCUT2D eigenvalue weighted by Gasteiger charge is -2.31. The third kappa shape index (κ3) is 6.48. The van der Waals surface area contributed by atoms with Crippen molar-refractivity contribution in [2.45, 2.75) is 46.2 Å². The van der Waals surface area contributed by atoms with Gasteiger partial charge in [-0.05, 0) is 63.0 Å². The minimum absolute atomic E-state index is 0.0673. The van der Waals surface area contributed by atoms with Crippen molar-refractivity contribution in [1.82, 2.24) is 20.4 Å². The first kappa shape index (κ1) is 23.1. The molecule has 0 radical (unpaired) electrons. The second-order valence-corrected chi connectivity index (χ2v) is 9.34. The van der Waals surface area contributed by atoms with E-state index in [0.717, 1.165) is 36.7 Å². The molecule has 0 spiro atoms. The van der Waals surface area contributed by atoms with Gasteiger partial charge in [0.05, 0.1) is 13.7 Å². The number of carbonyl (C=O) groups is 2. The van der Waals surface area contributed by atoms with Crippen LogP contribution in [-0.2, 0) is 11.3 Å². The van der Waals surface area contributed by atoms with Crippen LogP contribution < -0.4 is 15.4 Å². The highest BCUT2D eigenvalue weighted by Crippen LogP contribution is 2.22. The quantitative estimate of drug-likeness (QED) is 0.648. The van der Waals surface area contributed by atoms with Crippen LogP contribution in [0.3, 0.4) is 0 Å². The van der Waals surface area contributed by atoms with Crippen molar-refractivity contribution in [3.8, 4) is 5.75 Å². The molecule has 1 aliphatic rings. The van der Waals surface area contributed by atoms with Gasteiger partial charge in [0.1, 0.15) is 10.8 Å². The fraction of sp³-hybridized carbons (Fsp3) is 0.545. The summed E-state index contributed by atoms with van der Waals surface area (Å²) in [6, 6.07) is 7.32. The highest BCUT2D eigenvalue weighted by molar-refractivity contribution is 7.13. The summed E-state index contributed by atoms with van der Waals surface area (Å²) in [7, 11) is 1.60. The van der Waals surface area contributed by atoms with Crippen LogP contribution in [0.5, 0.6) is 5.75 Å². The molecule has 168 valence electrons. The molecule has 2 heterocycles. The smallest absolute Gasteiger partial charge is 0.286 e. The minimum atomic E-state index is -0.274. The highest BCUT2D eigenvalue weighted by Gasteiger charge is 2.27. The second-order valence-electron chi connectivity index (χ2n) is 8.28. The van der Waals surface area contributed by atoms with Crippen molar-refractivity contribution >= 4 is 28.8 Å². The number of hydrogen-bond donors (Lipinski definition) is 2. The molecule has 8 nitrogen and oxygen atoms in total. The van der Waals surface area contributed by atoms with Crippen molar-refractivity contribution in [1.29, 1.82) is 0 Å².